The van der Waals surface area contributed by atoms with Gasteiger partial charge in [0.15, 0.2) is 5.69 Å². The molecule has 3 aromatic carbocycles. The zero-order valence-corrected chi connectivity index (χ0v) is 15.1. The van der Waals surface area contributed by atoms with E-state index in [0.29, 0.717) is 17.1 Å². The van der Waals surface area contributed by atoms with E-state index in [0.717, 1.165) is 16.3 Å². The molecular weight excluding hydrogens is 354 g/mol. The lowest BCUT2D eigenvalue weighted by atomic mass is 10.0. The minimum absolute atomic E-state index is 0.172. The highest BCUT2D eigenvalue weighted by Gasteiger charge is 2.12. The minimum Gasteiger partial charge on any atom is -0.326 e. The lowest BCUT2D eigenvalue weighted by Gasteiger charge is -2.03. The van der Waals surface area contributed by atoms with Crippen molar-refractivity contribution in [2.45, 2.75) is 6.92 Å². The molecule has 0 spiro atoms. The van der Waals surface area contributed by atoms with Gasteiger partial charge in [-0.15, -0.1) is 5.11 Å². The fraction of sp³-hybridized carbons (Fsp3) is 0.0476. The monoisotopic (exact) mass is 371 g/mol. The highest BCUT2D eigenvalue weighted by atomic mass is 16.1. The van der Waals surface area contributed by atoms with Crippen molar-refractivity contribution in [3.8, 4) is 11.3 Å². The highest BCUT2D eigenvalue weighted by molar-refractivity contribution is 5.89. The number of carbonyl (C=O) groups excluding carboxylic acids is 1. The summed E-state index contributed by atoms with van der Waals surface area (Å²) in [6.45, 7) is 1.43. The van der Waals surface area contributed by atoms with E-state index in [9.17, 15) is 9.59 Å². The Labute approximate surface area is 160 Å². The summed E-state index contributed by atoms with van der Waals surface area (Å²) in [5, 5.41) is 18.6. The van der Waals surface area contributed by atoms with Crippen molar-refractivity contribution in [1.82, 2.24) is 10.2 Å². The summed E-state index contributed by atoms with van der Waals surface area (Å²) in [5.41, 5.74) is 2.37. The van der Waals surface area contributed by atoms with Crippen LogP contribution in [0.15, 0.2) is 81.8 Å². The Morgan fingerprint density at radius 1 is 0.893 bits per heavy atom. The second-order valence-corrected chi connectivity index (χ2v) is 6.30. The van der Waals surface area contributed by atoms with Crippen molar-refractivity contribution < 1.29 is 4.79 Å². The van der Waals surface area contributed by atoms with Crippen LogP contribution in [0, 0.1) is 0 Å². The first-order valence-corrected chi connectivity index (χ1v) is 8.69. The number of H-pyrrole nitrogens is 2. The Balaban J connectivity index is 1.69. The molecule has 0 bridgehead atoms. The number of nitrogens with zero attached hydrogens (tertiary/aromatic N) is 2. The number of amides is 1. The van der Waals surface area contributed by atoms with Crippen LogP contribution in [-0.2, 0) is 4.79 Å². The van der Waals surface area contributed by atoms with E-state index < -0.39 is 0 Å². The van der Waals surface area contributed by atoms with E-state index >= 15 is 0 Å². The van der Waals surface area contributed by atoms with Gasteiger partial charge in [-0.2, -0.15) is 5.11 Å². The quantitative estimate of drug-likeness (QED) is 0.444. The van der Waals surface area contributed by atoms with Crippen molar-refractivity contribution in [3.05, 3.63) is 77.1 Å². The molecule has 0 atom stereocenters. The Morgan fingerprint density at radius 3 is 2.54 bits per heavy atom. The van der Waals surface area contributed by atoms with Gasteiger partial charge < -0.3 is 5.32 Å². The van der Waals surface area contributed by atoms with Crippen LogP contribution in [0.3, 0.4) is 0 Å². The zero-order chi connectivity index (χ0) is 19.5. The number of fused-ring (bicyclic) bond motifs is 1. The fourth-order valence-electron chi connectivity index (χ4n) is 2.96. The highest BCUT2D eigenvalue weighted by Crippen LogP contribution is 2.29. The van der Waals surface area contributed by atoms with E-state index in [1.165, 1.54) is 6.92 Å². The molecule has 1 aromatic heterocycles. The van der Waals surface area contributed by atoms with Crippen LogP contribution in [0.1, 0.15) is 6.92 Å². The Bertz CT molecular complexity index is 1250. The summed E-state index contributed by atoms with van der Waals surface area (Å²) in [5.74, 6) is -0.172. The third-order valence-electron chi connectivity index (χ3n) is 4.22. The molecule has 0 saturated heterocycles. The van der Waals surface area contributed by atoms with Gasteiger partial charge in [-0.3, -0.25) is 19.8 Å². The van der Waals surface area contributed by atoms with Gasteiger partial charge in [-0.25, -0.2) is 0 Å². The number of carbonyl (C=O) groups is 1. The number of anilines is 1. The predicted octanol–water partition coefficient (Wildman–Crippen LogP) is 4.90. The van der Waals surface area contributed by atoms with Gasteiger partial charge in [0.25, 0.3) is 5.56 Å². The van der Waals surface area contributed by atoms with Gasteiger partial charge in [0.1, 0.15) is 0 Å². The largest absolute Gasteiger partial charge is 0.326 e. The molecule has 0 unspecified atom stereocenters. The van der Waals surface area contributed by atoms with Gasteiger partial charge in [0, 0.05) is 18.2 Å². The smallest absolute Gasteiger partial charge is 0.292 e. The molecule has 1 amide bonds. The van der Waals surface area contributed by atoms with Crippen molar-refractivity contribution in [2.24, 2.45) is 10.2 Å². The van der Waals surface area contributed by atoms with Crippen LogP contribution < -0.4 is 10.9 Å². The van der Waals surface area contributed by atoms with Gasteiger partial charge in [0.05, 0.1) is 11.4 Å². The maximum atomic E-state index is 12.2. The molecule has 138 valence electrons. The molecular formula is C21H17N5O2. The van der Waals surface area contributed by atoms with E-state index in [2.05, 4.69) is 25.7 Å². The van der Waals surface area contributed by atoms with E-state index in [1.54, 1.807) is 24.3 Å². The van der Waals surface area contributed by atoms with Crippen molar-refractivity contribution in [3.63, 3.8) is 0 Å². The minimum atomic E-state index is -0.357. The molecule has 4 aromatic rings. The third-order valence-corrected chi connectivity index (χ3v) is 4.22. The lowest BCUT2D eigenvalue weighted by Crippen LogP contribution is -2.05. The van der Waals surface area contributed by atoms with Gasteiger partial charge in [-0.1, -0.05) is 42.5 Å². The van der Waals surface area contributed by atoms with E-state index in [-0.39, 0.29) is 17.2 Å². The summed E-state index contributed by atoms with van der Waals surface area (Å²) in [6, 6.07) is 20.8. The normalized spacial score (nSPS) is 11.2. The fourth-order valence-corrected chi connectivity index (χ4v) is 2.96. The molecule has 0 fully saturated rings. The number of hydrogen-bond donors (Lipinski definition) is 3. The van der Waals surface area contributed by atoms with Crippen LogP contribution >= 0.6 is 0 Å². The summed E-state index contributed by atoms with van der Waals surface area (Å²) in [6.07, 6.45) is 0. The average molecular weight is 371 g/mol. The molecule has 0 saturated carbocycles. The summed E-state index contributed by atoms with van der Waals surface area (Å²) in [7, 11) is 0. The molecule has 7 heteroatoms. The van der Waals surface area contributed by atoms with Crippen molar-refractivity contribution in [2.75, 3.05) is 5.32 Å². The van der Waals surface area contributed by atoms with Crippen LogP contribution in [0.4, 0.5) is 17.1 Å². The second-order valence-electron chi connectivity index (χ2n) is 6.30. The zero-order valence-electron chi connectivity index (χ0n) is 15.1. The molecule has 1 heterocycles. The first kappa shape index (κ1) is 17.4. The Hall–Kier alpha value is -4.00. The topological polar surface area (TPSA) is 102 Å². The number of rotatable bonds is 4. The van der Waals surface area contributed by atoms with Crippen molar-refractivity contribution in [1.29, 1.82) is 0 Å². The maximum absolute atomic E-state index is 12.2. The maximum Gasteiger partial charge on any atom is 0.292 e. The standard InChI is InChI=1S/C21H17N5O2/c1-13(27)22-17-7-4-8-18(12-17)23-25-20-19(24-26-21(20)28)16-10-9-14-5-2-3-6-15(14)11-16/h2-12H,1H3,(H,22,27)(H2,24,26,28). The Kier molecular flexibility index (Phi) is 4.55. The Morgan fingerprint density at radius 2 is 1.71 bits per heavy atom. The van der Waals surface area contributed by atoms with Gasteiger partial charge >= 0.3 is 0 Å². The molecule has 0 aliphatic carbocycles. The summed E-state index contributed by atoms with van der Waals surface area (Å²) >= 11 is 0. The third kappa shape index (κ3) is 3.59. The molecule has 0 aliphatic heterocycles. The number of hydrogen-bond acceptors (Lipinski definition) is 4. The van der Waals surface area contributed by atoms with E-state index in [1.807, 2.05) is 42.5 Å². The number of nitrogens with one attached hydrogen (secondary N) is 3. The van der Waals surface area contributed by atoms with Crippen LogP contribution in [0.2, 0.25) is 0 Å². The van der Waals surface area contributed by atoms with Crippen LogP contribution in [0.25, 0.3) is 22.0 Å². The first-order valence-electron chi connectivity index (χ1n) is 8.69. The molecule has 0 aliphatic rings. The average Bonchev–Trinajstić information content (AvgIpc) is 3.06. The molecule has 0 radical (unpaired) electrons. The second kappa shape index (κ2) is 7.32. The number of aromatic amines is 2. The predicted molar refractivity (Wildman–Crippen MR) is 109 cm³/mol. The van der Waals surface area contributed by atoms with Crippen molar-refractivity contribution >= 4 is 33.7 Å². The summed E-state index contributed by atoms with van der Waals surface area (Å²) < 4.78 is 0. The number of aromatic nitrogens is 2. The number of azo groups is 1. The van der Waals surface area contributed by atoms with E-state index in [4.69, 9.17) is 0 Å². The molecule has 28 heavy (non-hydrogen) atoms. The SMILES string of the molecule is CC(=O)Nc1cccc(N=Nc2c(-c3ccc4ccccc4c3)[nH][nH]c2=O)c1. The van der Waals surface area contributed by atoms with Gasteiger partial charge in [-0.05, 0) is 35.0 Å². The van der Waals surface area contributed by atoms with Gasteiger partial charge in [0.2, 0.25) is 5.91 Å². The molecule has 7 nitrogen and oxygen atoms in total. The number of benzene rings is 3. The first-order chi connectivity index (χ1) is 13.6. The summed E-state index contributed by atoms with van der Waals surface area (Å²) in [4.78, 5) is 23.4. The lowest BCUT2D eigenvalue weighted by molar-refractivity contribution is -0.114. The van der Waals surface area contributed by atoms with Crippen LogP contribution in [0.5, 0.6) is 0 Å². The van der Waals surface area contributed by atoms with Crippen LogP contribution in [-0.4, -0.2) is 16.1 Å². The molecule has 3 N–H and O–H groups in total. The molecule has 4 rings (SSSR count).